The van der Waals surface area contributed by atoms with Crippen molar-refractivity contribution < 1.29 is 9.53 Å². The maximum Gasteiger partial charge on any atom is 0.306 e. The Balaban J connectivity index is 2.14. The fourth-order valence-corrected chi connectivity index (χ4v) is 1.82. The first kappa shape index (κ1) is 9.53. The first-order chi connectivity index (χ1) is 6.75. The van der Waals surface area contributed by atoms with Crippen molar-refractivity contribution in [3.63, 3.8) is 0 Å². The summed E-state index contributed by atoms with van der Waals surface area (Å²) in [5.74, 6) is 0.199. The van der Waals surface area contributed by atoms with Gasteiger partial charge in [-0.25, -0.2) is 0 Å². The van der Waals surface area contributed by atoms with Gasteiger partial charge in [-0.1, -0.05) is 23.7 Å². The number of esters is 1. The number of carbonyl (C=O) groups is 1. The molecule has 0 saturated carbocycles. The van der Waals surface area contributed by atoms with Crippen LogP contribution in [0.25, 0.3) is 0 Å². The van der Waals surface area contributed by atoms with Gasteiger partial charge in [-0.05, 0) is 30.0 Å². The normalized spacial score (nSPS) is 21.8. The third-order valence-corrected chi connectivity index (χ3v) is 2.74. The zero-order chi connectivity index (χ0) is 9.97. The van der Waals surface area contributed by atoms with Crippen molar-refractivity contribution >= 4 is 17.6 Å². The highest BCUT2D eigenvalue weighted by molar-refractivity contribution is 6.30. The highest BCUT2D eigenvalue weighted by atomic mass is 35.5. The van der Waals surface area contributed by atoms with Gasteiger partial charge in [0.2, 0.25) is 0 Å². The smallest absolute Gasteiger partial charge is 0.306 e. The third kappa shape index (κ3) is 2.07. The van der Waals surface area contributed by atoms with Crippen LogP contribution in [0, 0.1) is 0 Å². The average molecular weight is 211 g/mol. The molecule has 74 valence electrons. The molecule has 14 heavy (non-hydrogen) atoms. The van der Waals surface area contributed by atoms with Crippen molar-refractivity contribution in [2.45, 2.75) is 18.8 Å². The van der Waals surface area contributed by atoms with Gasteiger partial charge in [0, 0.05) is 5.02 Å². The van der Waals surface area contributed by atoms with Crippen LogP contribution in [-0.2, 0) is 9.53 Å². The summed E-state index contributed by atoms with van der Waals surface area (Å²) in [6, 6.07) is 7.67. The zero-order valence-electron chi connectivity index (χ0n) is 7.70. The molecule has 1 heterocycles. The van der Waals surface area contributed by atoms with E-state index in [-0.39, 0.29) is 5.97 Å². The summed E-state index contributed by atoms with van der Waals surface area (Å²) in [5.41, 5.74) is 1.17. The fourth-order valence-electron chi connectivity index (χ4n) is 1.70. The summed E-state index contributed by atoms with van der Waals surface area (Å²) in [7, 11) is 0. The van der Waals surface area contributed by atoms with Crippen LogP contribution in [0.4, 0.5) is 0 Å². The maximum absolute atomic E-state index is 11.1. The van der Waals surface area contributed by atoms with Crippen LogP contribution in [0.1, 0.15) is 24.3 Å². The van der Waals surface area contributed by atoms with Gasteiger partial charge < -0.3 is 4.74 Å². The summed E-state index contributed by atoms with van der Waals surface area (Å²) >= 11 is 5.79. The number of carbonyl (C=O) groups excluding carboxylic acids is 1. The van der Waals surface area contributed by atoms with E-state index in [9.17, 15) is 4.79 Å². The number of hydrogen-bond acceptors (Lipinski definition) is 2. The van der Waals surface area contributed by atoms with E-state index in [1.54, 1.807) is 0 Å². The molecule has 1 aliphatic heterocycles. The molecule has 0 bridgehead atoms. The van der Waals surface area contributed by atoms with Gasteiger partial charge >= 0.3 is 5.97 Å². The summed E-state index contributed by atoms with van der Waals surface area (Å²) in [5, 5.41) is 0.729. The van der Waals surface area contributed by atoms with Gasteiger partial charge in [0.25, 0.3) is 0 Å². The lowest BCUT2D eigenvalue weighted by Crippen LogP contribution is -2.19. The molecule has 2 nitrogen and oxygen atoms in total. The van der Waals surface area contributed by atoms with Crippen LogP contribution < -0.4 is 0 Å². The summed E-state index contributed by atoms with van der Waals surface area (Å²) in [4.78, 5) is 11.1. The van der Waals surface area contributed by atoms with Crippen molar-refractivity contribution in [2.24, 2.45) is 0 Å². The van der Waals surface area contributed by atoms with Gasteiger partial charge in [0.1, 0.15) is 0 Å². The van der Waals surface area contributed by atoms with E-state index < -0.39 is 0 Å². The summed E-state index contributed by atoms with van der Waals surface area (Å²) in [6.07, 6.45) is 1.40. The first-order valence-corrected chi connectivity index (χ1v) is 5.04. The molecular weight excluding hydrogens is 200 g/mol. The number of cyclic esters (lactones) is 1. The minimum atomic E-state index is -0.101. The van der Waals surface area contributed by atoms with Gasteiger partial charge in [-0.2, -0.15) is 0 Å². The van der Waals surface area contributed by atoms with Crippen LogP contribution in [0.5, 0.6) is 0 Å². The van der Waals surface area contributed by atoms with E-state index in [1.807, 2.05) is 24.3 Å². The number of hydrogen-bond donors (Lipinski definition) is 0. The molecule has 0 amide bonds. The van der Waals surface area contributed by atoms with Crippen molar-refractivity contribution in [2.75, 3.05) is 6.61 Å². The van der Waals surface area contributed by atoms with Crippen molar-refractivity contribution in [1.29, 1.82) is 0 Å². The van der Waals surface area contributed by atoms with E-state index >= 15 is 0 Å². The average Bonchev–Trinajstić information content (AvgIpc) is 2.19. The molecule has 1 saturated heterocycles. The Morgan fingerprint density at radius 3 is 2.64 bits per heavy atom. The highest BCUT2D eigenvalue weighted by Gasteiger charge is 2.21. The Morgan fingerprint density at radius 1 is 1.29 bits per heavy atom. The minimum Gasteiger partial charge on any atom is -0.466 e. The maximum atomic E-state index is 11.1. The van der Waals surface area contributed by atoms with Gasteiger partial charge in [0.15, 0.2) is 0 Å². The van der Waals surface area contributed by atoms with E-state index in [1.165, 1.54) is 5.56 Å². The van der Waals surface area contributed by atoms with Crippen molar-refractivity contribution in [1.82, 2.24) is 0 Å². The quantitative estimate of drug-likeness (QED) is 0.667. The standard InChI is InChI=1S/C11H11ClO2/c12-10-3-1-8(2-4-10)9-5-6-14-11(13)7-9/h1-4,9H,5-7H2/t9-/m0/s1. The van der Waals surface area contributed by atoms with Crippen LogP contribution in [0.15, 0.2) is 24.3 Å². The molecule has 0 spiro atoms. The topological polar surface area (TPSA) is 26.3 Å². The van der Waals surface area contributed by atoms with Crippen LogP contribution in [-0.4, -0.2) is 12.6 Å². The molecule has 0 unspecified atom stereocenters. The van der Waals surface area contributed by atoms with E-state index in [2.05, 4.69) is 0 Å². The van der Waals surface area contributed by atoms with E-state index in [0.29, 0.717) is 18.9 Å². The Morgan fingerprint density at radius 2 is 2.00 bits per heavy atom. The number of rotatable bonds is 1. The van der Waals surface area contributed by atoms with Gasteiger partial charge in [-0.15, -0.1) is 0 Å². The molecule has 0 radical (unpaired) electrons. The van der Waals surface area contributed by atoms with Crippen LogP contribution in [0.3, 0.4) is 0 Å². The Hall–Kier alpha value is -1.02. The first-order valence-electron chi connectivity index (χ1n) is 4.67. The minimum absolute atomic E-state index is 0.101. The Bertz CT molecular complexity index is 332. The number of halogens is 1. The van der Waals surface area contributed by atoms with Gasteiger partial charge in [-0.3, -0.25) is 4.79 Å². The van der Waals surface area contributed by atoms with Gasteiger partial charge in [0.05, 0.1) is 13.0 Å². The van der Waals surface area contributed by atoms with E-state index in [4.69, 9.17) is 16.3 Å². The van der Waals surface area contributed by atoms with Crippen LogP contribution >= 0.6 is 11.6 Å². The van der Waals surface area contributed by atoms with E-state index in [0.717, 1.165) is 11.4 Å². The Kier molecular flexibility index (Phi) is 2.73. The largest absolute Gasteiger partial charge is 0.466 e. The monoisotopic (exact) mass is 210 g/mol. The number of ether oxygens (including phenoxy) is 1. The van der Waals surface area contributed by atoms with Crippen molar-refractivity contribution in [3.05, 3.63) is 34.9 Å². The summed E-state index contributed by atoms with van der Waals surface area (Å²) in [6.45, 7) is 0.534. The zero-order valence-corrected chi connectivity index (χ0v) is 8.46. The molecule has 1 aliphatic rings. The predicted octanol–water partition coefficient (Wildman–Crippen LogP) is 2.76. The molecule has 1 fully saturated rings. The van der Waals surface area contributed by atoms with Crippen molar-refractivity contribution in [3.8, 4) is 0 Å². The molecule has 0 aliphatic carbocycles. The third-order valence-electron chi connectivity index (χ3n) is 2.48. The molecule has 1 aromatic carbocycles. The lowest BCUT2D eigenvalue weighted by atomic mass is 9.92. The lowest BCUT2D eigenvalue weighted by Gasteiger charge is -2.21. The second-order valence-corrected chi connectivity index (χ2v) is 3.90. The molecular formula is C11H11ClO2. The second-order valence-electron chi connectivity index (χ2n) is 3.46. The molecule has 0 aromatic heterocycles. The highest BCUT2D eigenvalue weighted by Crippen LogP contribution is 2.28. The molecule has 1 aromatic rings. The SMILES string of the molecule is O=C1C[C@@H](c2ccc(Cl)cc2)CCO1. The molecule has 3 heteroatoms. The molecule has 1 atom stereocenters. The summed E-state index contributed by atoms with van der Waals surface area (Å²) < 4.78 is 4.89. The lowest BCUT2D eigenvalue weighted by molar-refractivity contribution is -0.147. The van der Waals surface area contributed by atoms with Crippen LogP contribution in [0.2, 0.25) is 5.02 Å². The fraction of sp³-hybridized carbons (Fsp3) is 0.364. The predicted molar refractivity (Wildman–Crippen MR) is 54.4 cm³/mol. The molecule has 2 rings (SSSR count). The number of benzene rings is 1. The second kappa shape index (κ2) is 4.01. The Labute approximate surface area is 87.8 Å². The molecule has 0 N–H and O–H groups in total.